The molecule has 0 unspecified atom stereocenters. The van der Waals surface area contributed by atoms with Crippen molar-refractivity contribution in [3.05, 3.63) is 63.1 Å². The highest BCUT2D eigenvalue weighted by Gasteiger charge is 2.15. The van der Waals surface area contributed by atoms with Crippen molar-refractivity contribution in [2.75, 3.05) is 19.5 Å². The highest BCUT2D eigenvalue weighted by atomic mass is 35.5. The van der Waals surface area contributed by atoms with E-state index in [9.17, 15) is 20.0 Å². The second-order valence-corrected chi connectivity index (χ2v) is 5.97. The second-order valence-electron chi connectivity index (χ2n) is 5.54. The van der Waals surface area contributed by atoms with Crippen LogP contribution in [0.1, 0.15) is 6.92 Å². The molecule has 0 heterocycles. The Morgan fingerprint density at radius 3 is 2.45 bits per heavy atom. The Kier molecular flexibility index (Phi) is 7.10. The molecule has 0 spiro atoms. The number of Topliss-reactive ketones (excluding diaryl/α,β-unsaturated/α-hetero) is 1. The van der Waals surface area contributed by atoms with E-state index in [0.29, 0.717) is 16.5 Å². The van der Waals surface area contributed by atoms with Crippen LogP contribution in [0.5, 0.6) is 11.5 Å². The highest BCUT2D eigenvalue weighted by molar-refractivity contribution is 6.30. The molecule has 0 aliphatic carbocycles. The number of nitro groups is 1. The molecule has 0 aliphatic heterocycles. The smallest absolute Gasteiger partial charge is 0.273 e. The lowest BCUT2D eigenvalue weighted by Gasteiger charge is -2.11. The van der Waals surface area contributed by atoms with Crippen LogP contribution in [0.15, 0.2) is 58.2 Å². The molecule has 10 nitrogen and oxygen atoms in total. The van der Waals surface area contributed by atoms with E-state index in [4.69, 9.17) is 21.1 Å². The molecule has 2 aromatic carbocycles. The maximum absolute atomic E-state index is 11.9. The summed E-state index contributed by atoms with van der Waals surface area (Å²) in [5.41, 5.74) is -0.141. The summed E-state index contributed by atoms with van der Waals surface area (Å²) in [4.78, 5) is 22.2. The SMILES string of the molecule is COc1cc([N+](=O)[O-])ccc1/N=N/C(C(C)=O)=C(\O)Nc1cc(Cl)ccc1OC. The number of halogens is 1. The first-order valence-corrected chi connectivity index (χ1v) is 8.43. The van der Waals surface area contributed by atoms with Crippen molar-refractivity contribution in [3.8, 4) is 11.5 Å². The number of nitrogens with zero attached hydrogens (tertiary/aromatic N) is 3. The van der Waals surface area contributed by atoms with E-state index in [0.717, 1.165) is 0 Å². The van der Waals surface area contributed by atoms with Crippen molar-refractivity contribution in [2.45, 2.75) is 6.92 Å². The molecule has 0 aromatic heterocycles. The Bertz CT molecular complexity index is 1010. The van der Waals surface area contributed by atoms with Crippen molar-refractivity contribution >= 4 is 34.4 Å². The van der Waals surface area contributed by atoms with Crippen molar-refractivity contribution in [1.82, 2.24) is 0 Å². The van der Waals surface area contributed by atoms with Gasteiger partial charge in [-0.15, -0.1) is 10.2 Å². The van der Waals surface area contributed by atoms with Gasteiger partial charge in [0.1, 0.15) is 11.4 Å². The molecule has 0 aliphatic rings. The zero-order valence-electron chi connectivity index (χ0n) is 15.7. The Morgan fingerprint density at radius 1 is 1.17 bits per heavy atom. The van der Waals surface area contributed by atoms with Gasteiger partial charge < -0.3 is 19.9 Å². The summed E-state index contributed by atoms with van der Waals surface area (Å²) in [5, 5.41) is 31.8. The van der Waals surface area contributed by atoms with E-state index in [1.54, 1.807) is 12.1 Å². The molecule has 0 atom stereocenters. The third kappa shape index (κ3) is 5.42. The number of anilines is 1. The van der Waals surface area contributed by atoms with Gasteiger partial charge in [-0.2, -0.15) is 0 Å². The number of carbonyl (C=O) groups excluding carboxylic acids is 1. The van der Waals surface area contributed by atoms with Crippen LogP contribution < -0.4 is 14.8 Å². The van der Waals surface area contributed by atoms with Crippen molar-refractivity contribution in [3.63, 3.8) is 0 Å². The fourth-order valence-corrected chi connectivity index (χ4v) is 2.39. The number of aliphatic hydroxyl groups excluding tert-OH is 1. The monoisotopic (exact) mass is 420 g/mol. The first kappa shape index (κ1) is 21.6. The number of rotatable bonds is 8. The van der Waals surface area contributed by atoms with Crippen molar-refractivity contribution in [2.24, 2.45) is 10.2 Å². The van der Waals surface area contributed by atoms with Gasteiger partial charge in [0.15, 0.2) is 17.2 Å². The predicted molar refractivity (Wildman–Crippen MR) is 106 cm³/mol. The Labute approximate surface area is 170 Å². The molecule has 0 saturated carbocycles. The molecule has 2 N–H and O–H groups in total. The van der Waals surface area contributed by atoms with Crippen LogP contribution in [0.2, 0.25) is 5.02 Å². The molecule has 29 heavy (non-hydrogen) atoms. The number of hydrogen-bond donors (Lipinski definition) is 2. The number of aliphatic hydroxyl groups is 1. The molecule has 152 valence electrons. The second kappa shape index (κ2) is 9.51. The maximum Gasteiger partial charge on any atom is 0.273 e. The number of carbonyl (C=O) groups is 1. The van der Waals surface area contributed by atoms with Crippen molar-refractivity contribution in [1.29, 1.82) is 0 Å². The molecular weight excluding hydrogens is 404 g/mol. The van der Waals surface area contributed by atoms with Gasteiger partial charge >= 0.3 is 0 Å². The first-order valence-electron chi connectivity index (χ1n) is 8.05. The number of nitro benzene ring substituents is 1. The van der Waals surface area contributed by atoms with Gasteiger partial charge in [-0.25, -0.2) is 0 Å². The first-order chi connectivity index (χ1) is 13.8. The Hall–Kier alpha value is -3.66. The number of non-ortho nitro benzene ring substituents is 1. The van der Waals surface area contributed by atoms with Gasteiger partial charge in [-0.3, -0.25) is 14.9 Å². The summed E-state index contributed by atoms with van der Waals surface area (Å²) >= 11 is 5.94. The lowest BCUT2D eigenvalue weighted by molar-refractivity contribution is -0.384. The highest BCUT2D eigenvalue weighted by Crippen LogP contribution is 2.33. The molecular formula is C18H17ClN4O6. The van der Waals surface area contributed by atoms with Crippen LogP contribution >= 0.6 is 11.6 Å². The number of benzene rings is 2. The van der Waals surface area contributed by atoms with E-state index in [1.807, 2.05) is 0 Å². The van der Waals surface area contributed by atoms with Crippen LogP contribution in [-0.4, -0.2) is 30.0 Å². The zero-order valence-corrected chi connectivity index (χ0v) is 16.4. The third-order valence-electron chi connectivity index (χ3n) is 3.60. The van der Waals surface area contributed by atoms with Crippen LogP contribution in [0, 0.1) is 10.1 Å². The predicted octanol–water partition coefficient (Wildman–Crippen LogP) is 4.78. The number of methoxy groups -OCH3 is 2. The van der Waals surface area contributed by atoms with Gasteiger partial charge in [-0.1, -0.05) is 11.6 Å². The lowest BCUT2D eigenvalue weighted by atomic mass is 10.2. The summed E-state index contributed by atoms with van der Waals surface area (Å²) in [6.07, 6.45) is 0. The fourth-order valence-electron chi connectivity index (χ4n) is 2.22. The summed E-state index contributed by atoms with van der Waals surface area (Å²) in [5.74, 6) is -0.712. The van der Waals surface area contributed by atoms with E-state index < -0.39 is 16.6 Å². The van der Waals surface area contributed by atoms with Gasteiger partial charge in [-0.05, 0) is 24.3 Å². The minimum Gasteiger partial charge on any atom is -0.495 e. The topological polar surface area (TPSA) is 136 Å². The summed E-state index contributed by atoms with van der Waals surface area (Å²) in [6.45, 7) is 1.19. The van der Waals surface area contributed by atoms with Gasteiger partial charge in [0.25, 0.3) is 5.69 Å². The molecule has 0 bridgehead atoms. The zero-order chi connectivity index (χ0) is 21.6. The molecule has 0 saturated heterocycles. The van der Waals surface area contributed by atoms with Crippen LogP contribution in [0.25, 0.3) is 0 Å². The molecule has 0 amide bonds. The van der Waals surface area contributed by atoms with E-state index in [1.165, 1.54) is 45.4 Å². The number of allylic oxidation sites excluding steroid dienone is 1. The Morgan fingerprint density at radius 2 is 1.86 bits per heavy atom. The maximum atomic E-state index is 11.9. The van der Waals surface area contributed by atoms with E-state index in [2.05, 4.69) is 15.5 Å². The normalized spacial score (nSPS) is 11.7. The molecule has 0 radical (unpaired) electrons. The lowest BCUT2D eigenvalue weighted by Crippen LogP contribution is -2.08. The molecule has 0 fully saturated rings. The van der Waals surface area contributed by atoms with Crippen molar-refractivity contribution < 1.29 is 24.3 Å². The van der Waals surface area contributed by atoms with Crippen LogP contribution in [-0.2, 0) is 4.79 Å². The summed E-state index contributed by atoms with van der Waals surface area (Å²) in [7, 11) is 2.74. The van der Waals surface area contributed by atoms with Gasteiger partial charge in [0.2, 0.25) is 5.88 Å². The number of ketones is 1. The van der Waals surface area contributed by atoms with Crippen LogP contribution in [0.3, 0.4) is 0 Å². The van der Waals surface area contributed by atoms with E-state index >= 15 is 0 Å². The fraction of sp³-hybridized carbons (Fsp3) is 0.167. The molecule has 2 rings (SSSR count). The van der Waals surface area contributed by atoms with Gasteiger partial charge in [0, 0.05) is 18.0 Å². The number of azo groups is 1. The largest absolute Gasteiger partial charge is 0.495 e. The summed E-state index contributed by atoms with van der Waals surface area (Å²) < 4.78 is 10.2. The minimum absolute atomic E-state index is 0.0785. The number of ether oxygens (including phenoxy) is 2. The van der Waals surface area contributed by atoms with Gasteiger partial charge in [0.05, 0.1) is 30.9 Å². The van der Waals surface area contributed by atoms with E-state index in [-0.39, 0.29) is 22.8 Å². The minimum atomic E-state index is -0.585. The number of nitrogens with one attached hydrogen (secondary N) is 1. The summed E-state index contributed by atoms with van der Waals surface area (Å²) in [6, 6.07) is 8.35. The average Bonchev–Trinajstić information content (AvgIpc) is 2.68. The molecule has 11 heteroatoms. The number of hydrogen-bond acceptors (Lipinski definition) is 9. The third-order valence-corrected chi connectivity index (χ3v) is 3.84. The Balaban J connectivity index is 2.40. The van der Waals surface area contributed by atoms with Crippen LogP contribution in [0.4, 0.5) is 17.1 Å². The average molecular weight is 421 g/mol. The standard InChI is InChI=1S/C18H17ClN4O6/c1-10(24)17(18(25)20-14-8-11(19)4-7-15(14)28-2)22-21-13-6-5-12(23(26)27)9-16(13)29-3/h4-9,20,25H,1-3H3/b18-17-,22-21+. The molecule has 2 aromatic rings. The quantitative estimate of drug-likeness (QED) is 0.206.